The monoisotopic (exact) mass is 380 g/mol. The van der Waals surface area contributed by atoms with Gasteiger partial charge in [0.15, 0.2) is 0 Å². The van der Waals surface area contributed by atoms with Crippen LogP contribution < -0.4 is 10.6 Å². The topological polar surface area (TPSA) is 50.4 Å². The minimum absolute atomic E-state index is 0. The van der Waals surface area contributed by atoms with E-state index >= 15 is 0 Å². The van der Waals surface area contributed by atoms with Gasteiger partial charge in [0, 0.05) is 11.6 Å². The fraction of sp³-hybridized carbons (Fsp3) is 0.500. The second-order valence-corrected chi connectivity index (χ2v) is 5.96. The van der Waals surface area contributed by atoms with Crippen LogP contribution in [0.1, 0.15) is 12.8 Å². The molecule has 1 aromatic rings. The molecule has 7 heteroatoms. The molecule has 21 heavy (non-hydrogen) atoms. The Balaban J connectivity index is 0.00000220. The van der Waals surface area contributed by atoms with Gasteiger partial charge in [0.05, 0.1) is 17.7 Å². The summed E-state index contributed by atoms with van der Waals surface area (Å²) in [7, 11) is 1.58. The first kappa shape index (κ1) is 18.4. The first-order chi connectivity index (χ1) is 9.57. The van der Waals surface area contributed by atoms with E-state index in [0.717, 1.165) is 17.6 Å². The lowest BCUT2D eigenvalue weighted by molar-refractivity contribution is -0.130. The molecule has 0 aliphatic carbocycles. The van der Waals surface area contributed by atoms with E-state index in [9.17, 15) is 9.18 Å². The molecule has 118 valence electrons. The number of nitrogens with one attached hydrogen (secondary N) is 2. The van der Waals surface area contributed by atoms with Gasteiger partial charge in [0.2, 0.25) is 5.91 Å². The number of benzene rings is 1. The molecular formula is C14H19BrClFN2O2. The summed E-state index contributed by atoms with van der Waals surface area (Å²) in [5.41, 5.74) is -0.396. The summed E-state index contributed by atoms with van der Waals surface area (Å²) < 4.78 is 19.7. The van der Waals surface area contributed by atoms with Crippen LogP contribution in [0.3, 0.4) is 0 Å². The Labute approximate surface area is 138 Å². The zero-order valence-electron chi connectivity index (χ0n) is 11.7. The number of rotatable bonds is 4. The highest BCUT2D eigenvalue weighted by molar-refractivity contribution is 9.10. The Morgan fingerprint density at radius 1 is 1.48 bits per heavy atom. The van der Waals surface area contributed by atoms with E-state index in [-0.39, 0.29) is 24.0 Å². The van der Waals surface area contributed by atoms with Crippen molar-refractivity contribution in [3.8, 4) is 0 Å². The van der Waals surface area contributed by atoms with Crippen LogP contribution in [0.5, 0.6) is 0 Å². The highest BCUT2D eigenvalue weighted by Crippen LogP contribution is 2.31. The van der Waals surface area contributed by atoms with Crippen LogP contribution in [0.2, 0.25) is 0 Å². The lowest BCUT2D eigenvalue weighted by Crippen LogP contribution is -2.47. The van der Waals surface area contributed by atoms with Crippen LogP contribution in [0, 0.1) is 11.2 Å². The van der Waals surface area contributed by atoms with Crippen LogP contribution in [-0.2, 0) is 9.53 Å². The molecule has 2 rings (SSSR count). The molecule has 0 aromatic heterocycles. The summed E-state index contributed by atoms with van der Waals surface area (Å²) in [5, 5.41) is 5.91. The zero-order chi connectivity index (χ0) is 14.6. The molecule has 0 radical (unpaired) electrons. The lowest BCUT2D eigenvalue weighted by Gasteiger charge is -2.35. The van der Waals surface area contributed by atoms with E-state index in [1.54, 1.807) is 19.2 Å². The summed E-state index contributed by atoms with van der Waals surface area (Å²) in [5.74, 6) is -0.624. The quantitative estimate of drug-likeness (QED) is 0.843. The molecule has 1 aliphatic heterocycles. The highest BCUT2D eigenvalue weighted by atomic mass is 79.9. The molecule has 1 aliphatic rings. The first-order valence-corrected chi connectivity index (χ1v) is 7.33. The number of anilines is 1. The van der Waals surface area contributed by atoms with E-state index in [1.165, 1.54) is 6.07 Å². The third-order valence-corrected chi connectivity index (χ3v) is 4.13. The maximum atomic E-state index is 13.7. The predicted octanol–water partition coefficient (Wildman–Crippen LogP) is 2.96. The Morgan fingerprint density at radius 2 is 2.14 bits per heavy atom. The van der Waals surface area contributed by atoms with Crippen molar-refractivity contribution in [1.82, 2.24) is 5.32 Å². The Bertz CT molecular complexity index is 490. The zero-order valence-corrected chi connectivity index (χ0v) is 14.2. The Kier molecular flexibility index (Phi) is 7.06. The number of methoxy groups -OCH3 is 1. The van der Waals surface area contributed by atoms with Gasteiger partial charge in [0.25, 0.3) is 0 Å². The van der Waals surface area contributed by atoms with Gasteiger partial charge < -0.3 is 15.4 Å². The largest absolute Gasteiger partial charge is 0.384 e. The second-order valence-electron chi connectivity index (χ2n) is 5.04. The molecule has 1 amide bonds. The number of ether oxygens (including phenoxy) is 1. The number of amides is 1. The van der Waals surface area contributed by atoms with Crippen molar-refractivity contribution < 1.29 is 13.9 Å². The normalized spacial score (nSPS) is 16.9. The van der Waals surface area contributed by atoms with Crippen molar-refractivity contribution in [1.29, 1.82) is 0 Å². The summed E-state index contributed by atoms with van der Waals surface area (Å²) in [4.78, 5) is 12.5. The summed E-state index contributed by atoms with van der Waals surface area (Å²) in [6.45, 7) is 1.87. The SMILES string of the molecule is COCC1(C(=O)Nc2cc(Br)ccc2F)CCNCC1.Cl. The van der Waals surface area contributed by atoms with E-state index in [1.807, 2.05) is 0 Å². The van der Waals surface area contributed by atoms with Gasteiger partial charge in [-0.2, -0.15) is 0 Å². The Morgan fingerprint density at radius 3 is 2.76 bits per heavy atom. The number of carbonyl (C=O) groups is 1. The number of hydrogen-bond acceptors (Lipinski definition) is 3. The van der Waals surface area contributed by atoms with E-state index in [0.29, 0.717) is 19.4 Å². The van der Waals surface area contributed by atoms with Gasteiger partial charge in [-0.1, -0.05) is 15.9 Å². The average molecular weight is 382 g/mol. The van der Waals surface area contributed by atoms with Crippen molar-refractivity contribution >= 4 is 39.9 Å². The van der Waals surface area contributed by atoms with Crippen molar-refractivity contribution in [2.75, 3.05) is 32.1 Å². The van der Waals surface area contributed by atoms with Crippen molar-refractivity contribution in [2.24, 2.45) is 5.41 Å². The van der Waals surface area contributed by atoms with Gasteiger partial charge in [-0.3, -0.25) is 4.79 Å². The number of halogens is 3. The summed E-state index contributed by atoms with van der Waals surface area (Å²) in [6, 6.07) is 4.49. The molecule has 4 nitrogen and oxygen atoms in total. The molecule has 1 aromatic carbocycles. The molecule has 0 bridgehead atoms. The van der Waals surface area contributed by atoms with E-state index in [2.05, 4.69) is 26.6 Å². The molecule has 0 unspecified atom stereocenters. The lowest BCUT2D eigenvalue weighted by atomic mass is 9.78. The van der Waals surface area contributed by atoms with Crippen LogP contribution >= 0.6 is 28.3 Å². The van der Waals surface area contributed by atoms with Gasteiger partial charge in [0.1, 0.15) is 5.82 Å². The maximum Gasteiger partial charge on any atom is 0.233 e. The second kappa shape index (κ2) is 8.08. The van der Waals surface area contributed by atoms with Crippen LogP contribution in [0.4, 0.5) is 10.1 Å². The van der Waals surface area contributed by atoms with E-state index < -0.39 is 11.2 Å². The third kappa shape index (κ3) is 4.39. The summed E-state index contributed by atoms with van der Waals surface area (Å²) in [6.07, 6.45) is 1.37. The molecule has 0 atom stereocenters. The maximum absolute atomic E-state index is 13.7. The van der Waals surface area contributed by atoms with Crippen molar-refractivity contribution in [3.05, 3.63) is 28.5 Å². The summed E-state index contributed by atoms with van der Waals surface area (Å²) >= 11 is 3.27. The van der Waals surface area contributed by atoms with Gasteiger partial charge in [-0.05, 0) is 44.1 Å². The standard InChI is InChI=1S/C14H18BrFN2O2.ClH/c1-20-9-14(4-6-17-7-5-14)13(19)18-12-8-10(15)2-3-11(12)16;/h2-3,8,17H,4-7,9H2,1H3,(H,18,19);1H. The molecule has 2 N–H and O–H groups in total. The Hall–Kier alpha value is -0.690. The van der Waals surface area contributed by atoms with E-state index in [4.69, 9.17) is 4.74 Å². The van der Waals surface area contributed by atoms with Gasteiger partial charge in [-0.15, -0.1) is 12.4 Å². The van der Waals surface area contributed by atoms with Gasteiger partial charge >= 0.3 is 0 Å². The fourth-order valence-electron chi connectivity index (χ4n) is 2.47. The molecule has 0 spiro atoms. The first-order valence-electron chi connectivity index (χ1n) is 6.53. The van der Waals surface area contributed by atoms with Crippen LogP contribution in [0.25, 0.3) is 0 Å². The van der Waals surface area contributed by atoms with Gasteiger partial charge in [-0.25, -0.2) is 4.39 Å². The van der Waals surface area contributed by atoms with Crippen molar-refractivity contribution in [2.45, 2.75) is 12.8 Å². The number of hydrogen-bond donors (Lipinski definition) is 2. The average Bonchev–Trinajstić information content (AvgIpc) is 2.44. The van der Waals surface area contributed by atoms with Crippen molar-refractivity contribution in [3.63, 3.8) is 0 Å². The highest BCUT2D eigenvalue weighted by Gasteiger charge is 2.39. The number of carbonyl (C=O) groups excluding carboxylic acids is 1. The molecule has 0 saturated carbocycles. The molecule has 1 fully saturated rings. The number of piperidine rings is 1. The third-order valence-electron chi connectivity index (χ3n) is 3.64. The molecule has 1 saturated heterocycles. The van der Waals surface area contributed by atoms with Crippen LogP contribution in [-0.4, -0.2) is 32.7 Å². The fourth-order valence-corrected chi connectivity index (χ4v) is 2.83. The molecule has 1 heterocycles. The predicted molar refractivity (Wildman–Crippen MR) is 86.4 cm³/mol. The minimum Gasteiger partial charge on any atom is -0.384 e. The van der Waals surface area contributed by atoms with Crippen LogP contribution in [0.15, 0.2) is 22.7 Å². The molecular weight excluding hydrogens is 363 g/mol. The smallest absolute Gasteiger partial charge is 0.233 e. The minimum atomic E-state index is -0.589.